The SMILES string of the molecule is CCCCN1C(=CC2C([O-])C(c3c(C(F)(F)F)[nH]n(-c4ccccc4)c3=O)C2[O-])C(C)(C)c2cc(OC)ccc21. The molecule has 1 fully saturated rings. The summed E-state index contributed by atoms with van der Waals surface area (Å²) in [5, 5.41) is 29.1. The number of benzene rings is 2. The van der Waals surface area contributed by atoms with E-state index in [0.717, 1.165) is 34.5 Å². The maximum Gasteiger partial charge on any atom is 0.433 e. The van der Waals surface area contributed by atoms with Gasteiger partial charge in [0.25, 0.3) is 5.56 Å². The number of H-pyrrole nitrogens is 1. The molecule has 1 aromatic heterocycles. The van der Waals surface area contributed by atoms with Gasteiger partial charge in [0.15, 0.2) is 0 Å². The molecule has 2 unspecified atom stereocenters. The van der Waals surface area contributed by atoms with E-state index in [4.69, 9.17) is 4.74 Å². The smallest absolute Gasteiger partial charge is 0.433 e. The first kappa shape index (κ1) is 28.0. The second kappa shape index (κ2) is 10.2. The van der Waals surface area contributed by atoms with E-state index in [0.29, 0.717) is 12.3 Å². The number of para-hydroxylation sites is 1. The van der Waals surface area contributed by atoms with Crippen molar-refractivity contribution in [1.82, 2.24) is 9.78 Å². The Kier molecular flexibility index (Phi) is 7.12. The number of alkyl halides is 3. The Balaban J connectivity index is 1.54. The van der Waals surface area contributed by atoms with Crippen molar-refractivity contribution in [3.8, 4) is 11.4 Å². The molecule has 5 rings (SSSR count). The fourth-order valence-corrected chi connectivity index (χ4v) is 5.98. The zero-order valence-corrected chi connectivity index (χ0v) is 22.8. The van der Waals surface area contributed by atoms with E-state index in [-0.39, 0.29) is 5.69 Å². The van der Waals surface area contributed by atoms with Gasteiger partial charge in [-0.15, -0.1) is 12.2 Å². The molecule has 3 aromatic rings. The fraction of sp³-hybridized carbons (Fsp3) is 0.433. The monoisotopic (exact) mass is 555 g/mol. The number of ether oxygens (including phenoxy) is 1. The highest BCUT2D eigenvalue weighted by Crippen LogP contribution is 2.51. The Morgan fingerprint density at radius 2 is 1.77 bits per heavy atom. The number of fused-ring (bicyclic) bond motifs is 1. The van der Waals surface area contributed by atoms with Gasteiger partial charge < -0.3 is 19.8 Å². The highest BCUT2D eigenvalue weighted by Gasteiger charge is 2.48. The summed E-state index contributed by atoms with van der Waals surface area (Å²) in [6, 6.07) is 13.5. The van der Waals surface area contributed by atoms with Crippen LogP contribution in [-0.2, 0) is 11.6 Å². The number of aromatic nitrogens is 2. The van der Waals surface area contributed by atoms with Crippen molar-refractivity contribution in [3.63, 3.8) is 0 Å². The lowest BCUT2D eigenvalue weighted by molar-refractivity contribution is -0.543. The van der Waals surface area contributed by atoms with Crippen LogP contribution >= 0.6 is 0 Å². The number of allylic oxidation sites excluding steroid dienone is 1. The van der Waals surface area contributed by atoms with Crippen molar-refractivity contribution in [3.05, 3.63) is 87.5 Å². The number of hydrogen-bond acceptors (Lipinski definition) is 5. The number of hydrogen-bond donors (Lipinski definition) is 1. The number of aromatic amines is 1. The van der Waals surface area contributed by atoms with Gasteiger partial charge in [0.05, 0.1) is 18.4 Å². The fourth-order valence-electron chi connectivity index (χ4n) is 5.98. The predicted octanol–water partition coefficient (Wildman–Crippen LogP) is 3.85. The molecule has 0 radical (unpaired) electrons. The topological polar surface area (TPSA) is 96.4 Å². The zero-order chi connectivity index (χ0) is 29.0. The molecular formula is C30H32F3N3O4-2. The molecule has 2 heterocycles. The third-order valence-corrected chi connectivity index (χ3v) is 8.21. The molecule has 2 atom stereocenters. The van der Waals surface area contributed by atoms with Crippen molar-refractivity contribution in [2.24, 2.45) is 5.92 Å². The van der Waals surface area contributed by atoms with Crippen molar-refractivity contribution < 1.29 is 28.1 Å². The minimum atomic E-state index is -4.94. The summed E-state index contributed by atoms with van der Waals surface area (Å²) in [6.07, 6.45) is -4.91. The summed E-state index contributed by atoms with van der Waals surface area (Å²) in [7, 11) is 1.58. The summed E-state index contributed by atoms with van der Waals surface area (Å²) >= 11 is 0. The van der Waals surface area contributed by atoms with Crippen LogP contribution in [0.5, 0.6) is 5.75 Å². The van der Waals surface area contributed by atoms with E-state index in [1.165, 1.54) is 12.1 Å². The first-order valence-electron chi connectivity index (χ1n) is 13.4. The summed E-state index contributed by atoms with van der Waals surface area (Å²) in [6.45, 7) is 6.71. The lowest BCUT2D eigenvalue weighted by Gasteiger charge is -2.60. The number of nitrogens with one attached hydrogen (secondary N) is 1. The summed E-state index contributed by atoms with van der Waals surface area (Å²) in [5.74, 6) is -2.03. The first-order chi connectivity index (χ1) is 18.9. The first-order valence-corrected chi connectivity index (χ1v) is 13.4. The van der Waals surface area contributed by atoms with E-state index in [9.17, 15) is 28.2 Å². The second-order valence-electron chi connectivity index (χ2n) is 11.0. The summed E-state index contributed by atoms with van der Waals surface area (Å²) < 4.78 is 48.2. The van der Waals surface area contributed by atoms with Crippen LogP contribution in [0.2, 0.25) is 0 Å². The molecule has 40 heavy (non-hydrogen) atoms. The summed E-state index contributed by atoms with van der Waals surface area (Å²) in [4.78, 5) is 15.3. The van der Waals surface area contributed by atoms with Crippen LogP contribution in [0.3, 0.4) is 0 Å². The Hall–Kier alpha value is -3.50. The number of halogens is 3. The lowest BCUT2D eigenvalue weighted by Crippen LogP contribution is -2.65. The molecule has 214 valence electrons. The minimum absolute atomic E-state index is 0.180. The van der Waals surface area contributed by atoms with Gasteiger partial charge in [0.2, 0.25) is 0 Å². The van der Waals surface area contributed by atoms with E-state index >= 15 is 0 Å². The second-order valence-corrected chi connectivity index (χ2v) is 11.0. The van der Waals surface area contributed by atoms with Crippen LogP contribution in [0.1, 0.15) is 56.4 Å². The zero-order valence-electron chi connectivity index (χ0n) is 22.8. The Morgan fingerprint density at radius 1 is 1.10 bits per heavy atom. The number of unbranched alkanes of at least 4 members (excludes halogenated alkanes) is 1. The van der Waals surface area contributed by atoms with Gasteiger partial charge in [-0.2, -0.15) is 13.2 Å². The molecule has 1 aliphatic heterocycles. The largest absolute Gasteiger partial charge is 0.851 e. The van der Waals surface area contributed by atoms with Crippen LogP contribution in [-0.4, -0.2) is 35.6 Å². The third kappa shape index (κ3) is 4.43. The van der Waals surface area contributed by atoms with Crippen LogP contribution in [0, 0.1) is 5.92 Å². The van der Waals surface area contributed by atoms with Crippen LogP contribution in [0.15, 0.2) is 65.1 Å². The Labute approximate surface area is 230 Å². The lowest BCUT2D eigenvalue weighted by atomic mass is 9.64. The number of methoxy groups -OCH3 is 1. The van der Waals surface area contributed by atoms with Gasteiger partial charge in [-0.25, -0.2) is 4.68 Å². The summed E-state index contributed by atoms with van der Waals surface area (Å²) in [5.41, 5.74) is -0.861. The Morgan fingerprint density at radius 3 is 2.38 bits per heavy atom. The highest BCUT2D eigenvalue weighted by atomic mass is 19.4. The maximum absolute atomic E-state index is 14.0. The molecule has 0 amide bonds. The highest BCUT2D eigenvalue weighted by molar-refractivity contribution is 5.72. The third-order valence-electron chi connectivity index (χ3n) is 8.21. The van der Waals surface area contributed by atoms with E-state index in [1.54, 1.807) is 31.4 Å². The van der Waals surface area contributed by atoms with Gasteiger partial charge in [0, 0.05) is 23.3 Å². The molecule has 0 saturated heterocycles. The minimum Gasteiger partial charge on any atom is -0.851 e. The average Bonchev–Trinajstić information content (AvgIpc) is 3.37. The van der Waals surface area contributed by atoms with Crippen LogP contribution in [0.4, 0.5) is 18.9 Å². The Bertz CT molecular complexity index is 1470. The molecule has 0 bridgehead atoms. The molecule has 0 spiro atoms. The normalized spacial score (nSPS) is 24.7. The molecule has 2 aromatic carbocycles. The van der Waals surface area contributed by atoms with E-state index in [2.05, 4.69) is 16.9 Å². The molecule has 1 N–H and O–H groups in total. The van der Waals surface area contributed by atoms with Crippen molar-refractivity contribution in [2.75, 3.05) is 18.6 Å². The maximum atomic E-state index is 14.0. The molecule has 2 aliphatic rings. The van der Waals surface area contributed by atoms with Gasteiger partial charge in [-0.3, -0.25) is 9.89 Å². The molecule has 1 aliphatic carbocycles. The quantitative estimate of drug-likeness (QED) is 0.478. The standard InChI is InChI=1S/C30H32F3N3O4/c1-5-6-14-35-21-13-12-18(40-4)15-20(21)29(2,3)22(35)16-19-25(37)23(26(19)38)24-27(30(31,32)33)34-36(28(24)39)17-10-8-7-9-11-17/h7-13,15-16,19,23,25-26,34H,5-6,14H2,1-4H3/q-2. The number of nitrogens with zero attached hydrogens (tertiary/aromatic N) is 2. The van der Waals surface area contributed by atoms with Crippen molar-refractivity contribution in [2.45, 2.75) is 63.3 Å². The van der Waals surface area contributed by atoms with Crippen molar-refractivity contribution in [1.29, 1.82) is 0 Å². The molecular weight excluding hydrogens is 523 g/mol. The molecule has 1 saturated carbocycles. The average molecular weight is 556 g/mol. The molecule has 10 heteroatoms. The van der Waals surface area contributed by atoms with Gasteiger partial charge in [-0.05, 0) is 54.2 Å². The number of rotatable bonds is 7. The van der Waals surface area contributed by atoms with Gasteiger partial charge in [-0.1, -0.05) is 51.5 Å². The van der Waals surface area contributed by atoms with E-state index < -0.39 is 52.5 Å². The predicted molar refractivity (Wildman–Crippen MR) is 142 cm³/mol. The van der Waals surface area contributed by atoms with Crippen LogP contribution in [0.25, 0.3) is 5.69 Å². The van der Waals surface area contributed by atoms with E-state index in [1.807, 2.05) is 32.0 Å². The molecule has 7 nitrogen and oxygen atoms in total. The van der Waals surface area contributed by atoms with Crippen molar-refractivity contribution >= 4 is 5.69 Å². The van der Waals surface area contributed by atoms with Gasteiger partial charge >= 0.3 is 6.18 Å². The van der Waals surface area contributed by atoms with Crippen LogP contribution < -0.4 is 25.4 Å². The number of anilines is 1. The van der Waals surface area contributed by atoms with Gasteiger partial charge in [0.1, 0.15) is 11.4 Å².